The van der Waals surface area contributed by atoms with Crippen molar-refractivity contribution in [2.45, 2.75) is 13.8 Å². The lowest BCUT2D eigenvalue weighted by Gasteiger charge is -1.84. The average Bonchev–Trinajstić information content (AvgIpc) is 1.67. The van der Waals surface area contributed by atoms with E-state index in [4.69, 9.17) is 11.6 Å². The molecule has 46 valence electrons. The van der Waals surface area contributed by atoms with Crippen LogP contribution in [0.25, 0.3) is 0 Å². The van der Waals surface area contributed by atoms with Crippen LogP contribution in [0.4, 0.5) is 4.39 Å². The molecule has 0 aromatic rings. The first-order chi connectivity index (χ1) is 3.68. The third kappa shape index (κ3) is 2.80. The Morgan fingerprint density at radius 1 is 1.62 bits per heavy atom. The molecule has 0 radical (unpaired) electrons. The Morgan fingerprint density at radius 2 is 2.12 bits per heavy atom. The number of halogens is 2. The molecule has 0 N–H and O–H groups in total. The smallest absolute Gasteiger partial charge is 0.137 e. The first-order valence-electron chi connectivity index (χ1n) is 2.33. The average molecular weight is 135 g/mol. The lowest BCUT2D eigenvalue weighted by atomic mass is 10.4. The summed E-state index contributed by atoms with van der Waals surface area (Å²) in [5, 5.41) is 0.197. The molecule has 2 heteroatoms. The van der Waals surface area contributed by atoms with Gasteiger partial charge in [0.05, 0.1) is 5.03 Å². The van der Waals surface area contributed by atoms with Crippen LogP contribution in [0, 0.1) is 0 Å². The Hall–Kier alpha value is -0.300. The highest BCUT2D eigenvalue weighted by Gasteiger charge is 1.88. The summed E-state index contributed by atoms with van der Waals surface area (Å²) in [4.78, 5) is 0. The van der Waals surface area contributed by atoms with Gasteiger partial charge in [0, 0.05) is 0 Å². The van der Waals surface area contributed by atoms with Gasteiger partial charge in [-0.2, -0.15) is 0 Å². The Balaban J connectivity index is 4.00. The van der Waals surface area contributed by atoms with Crippen LogP contribution in [0.2, 0.25) is 0 Å². The molecule has 0 aliphatic carbocycles. The van der Waals surface area contributed by atoms with Gasteiger partial charge in [0.1, 0.15) is 5.83 Å². The van der Waals surface area contributed by atoms with Crippen LogP contribution in [0.5, 0.6) is 0 Å². The maximum atomic E-state index is 12.2. The molecular weight excluding hydrogens is 127 g/mol. The lowest BCUT2D eigenvalue weighted by molar-refractivity contribution is 0.661. The standard InChI is InChI=1S/C6H8ClF/c1-3-4-6(8)5(2)7/h3-4H,1-2H3/b4-3-,6-5-. The first kappa shape index (κ1) is 7.70. The van der Waals surface area contributed by atoms with Gasteiger partial charge in [-0.15, -0.1) is 0 Å². The van der Waals surface area contributed by atoms with E-state index in [1.165, 1.54) is 13.0 Å². The number of hydrogen-bond donors (Lipinski definition) is 0. The fourth-order valence-electron chi connectivity index (χ4n) is 0.261. The summed E-state index contributed by atoms with van der Waals surface area (Å²) in [5.74, 6) is -0.367. The van der Waals surface area contributed by atoms with E-state index in [1.54, 1.807) is 13.0 Å². The third-order valence-corrected chi connectivity index (χ3v) is 0.823. The summed E-state index contributed by atoms with van der Waals surface area (Å²) < 4.78 is 12.2. The van der Waals surface area contributed by atoms with E-state index in [9.17, 15) is 4.39 Å². The van der Waals surface area contributed by atoms with Gasteiger partial charge < -0.3 is 0 Å². The summed E-state index contributed by atoms with van der Waals surface area (Å²) >= 11 is 5.26. The Bertz CT molecular complexity index is 120. The van der Waals surface area contributed by atoms with Gasteiger partial charge in [-0.05, 0) is 19.9 Å². The molecule has 0 aromatic carbocycles. The summed E-state index contributed by atoms with van der Waals surface area (Å²) in [7, 11) is 0. The summed E-state index contributed by atoms with van der Waals surface area (Å²) in [6.45, 7) is 3.25. The largest absolute Gasteiger partial charge is 0.206 e. The monoisotopic (exact) mass is 134 g/mol. The van der Waals surface area contributed by atoms with E-state index in [-0.39, 0.29) is 10.9 Å². The van der Waals surface area contributed by atoms with E-state index in [2.05, 4.69) is 0 Å². The van der Waals surface area contributed by atoms with Crippen molar-refractivity contribution in [2.75, 3.05) is 0 Å². The van der Waals surface area contributed by atoms with Gasteiger partial charge >= 0.3 is 0 Å². The van der Waals surface area contributed by atoms with Gasteiger partial charge in [0.2, 0.25) is 0 Å². The minimum absolute atomic E-state index is 0.197. The lowest BCUT2D eigenvalue weighted by Crippen LogP contribution is -1.65. The molecule has 0 atom stereocenters. The summed E-state index contributed by atoms with van der Waals surface area (Å²) in [6, 6.07) is 0. The van der Waals surface area contributed by atoms with Crippen LogP contribution < -0.4 is 0 Å². The third-order valence-electron chi connectivity index (χ3n) is 0.642. The van der Waals surface area contributed by atoms with Gasteiger partial charge in [-0.1, -0.05) is 17.7 Å². The molecule has 0 aliphatic heterocycles. The minimum Gasteiger partial charge on any atom is -0.206 e. The highest BCUT2D eigenvalue weighted by atomic mass is 35.5. The zero-order valence-corrected chi connectivity index (χ0v) is 5.67. The van der Waals surface area contributed by atoms with Crippen LogP contribution in [0.15, 0.2) is 23.0 Å². The number of rotatable bonds is 1. The number of hydrogen-bond acceptors (Lipinski definition) is 0. The predicted molar refractivity (Wildman–Crippen MR) is 34.5 cm³/mol. The van der Waals surface area contributed by atoms with Crippen molar-refractivity contribution in [3.05, 3.63) is 23.0 Å². The van der Waals surface area contributed by atoms with Crippen LogP contribution in [0.1, 0.15) is 13.8 Å². The summed E-state index contributed by atoms with van der Waals surface area (Å²) in [5.41, 5.74) is 0. The van der Waals surface area contributed by atoms with Crippen molar-refractivity contribution in [2.24, 2.45) is 0 Å². The molecule has 8 heavy (non-hydrogen) atoms. The molecule has 0 bridgehead atoms. The van der Waals surface area contributed by atoms with E-state index >= 15 is 0 Å². The van der Waals surface area contributed by atoms with Crippen molar-refractivity contribution in [1.82, 2.24) is 0 Å². The first-order valence-corrected chi connectivity index (χ1v) is 2.71. The van der Waals surface area contributed by atoms with E-state index < -0.39 is 0 Å². The zero-order chi connectivity index (χ0) is 6.57. The second kappa shape index (κ2) is 3.67. The second-order valence-electron chi connectivity index (χ2n) is 1.38. The maximum absolute atomic E-state index is 12.2. The Labute approximate surface area is 53.7 Å². The quantitative estimate of drug-likeness (QED) is 0.484. The highest BCUT2D eigenvalue weighted by molar-refractivity contribution is 6.29. The van der Waals surface area contributed by atoms with Crippen molar-refractivity contribution in [3.8, 4) is 0 Å². The topological polar surface area (TPSA) is 0 Å². The molecule has 0 fully saturated rings. The molecule has 0 unspecified atom stereocenters. The molecule has 0 heterocycles. The van der Waals surface area contributed by atoms with E-state index in [0.717, 1.165) is 0 Å². The fraction of sp³-hybridized carbons (Fsp3) is 0.333. The maximum Gasteiger partial charge on any atom is 0.137 e. The van der Waals surface area contributed by atoms with Crippen molar-refractivity contribution < 1.29 is 4.39 Å². The van der Waals surface area contributed by atoms with Gasteiger partial charge in [-0.3, -0.25) is 0 Å². The highest BCUT2D eigenvalue weighted by Crippen LogP contribution is 2.09. The molecule has 0 spiro atoms. The van der Waals surface area contributed by atoms with E-state index in [1.807, 2.05) is 0 Å². The normalized spacial score (nSPS) is 14.5. The fourth-order valence-corrected chi connectivity index (χ4v) is 0.324. The molecule has 0 rings (SSSR count). The van der Waals surface area contributed by atoms with Gasteiger partial charge in [-0.25, -0.2) is 4.39 Å². The van der Waals surface area contributed by atoms with Crippen LogP contribution in [-0.4, -0.2) is 0 Å². The Morgan fingerprint density at radius 3 is 2.25 bits per heavy atom. The number of allylic oxidation sites excluding steroid dienone is 4. The van der Waals surface area contributed by atoms with Crippen molar-refractivity contribution in [1.29, 1.82) is 0 Å². The zero-order valence-electron chi connectivity index (χ0n) is 4.91. The van der Waals surface area contributed by atoms with Crippen LogP contribution in [0.3, 0.4) is 0 Å². The van der Waals surface area contributed by atoms with Crippen LogP contribution in [-0.2, 0) is 0 Å². The molecule has 0 aliphatic rings. The van der Waals surface area contributed by atoms with Crippen molar-refractivity contribution >= 4 is 11.6 Å². The second-order valence-corrected chi connectivity index (χ2v) is 1.95. The minimum atomic E-state index is -0.367. The summed E-state index contributed by atoms with van der Waals surface area (Å²) in [6.07, 6.45) is 2.92. The molecular formula is C6H8ClF. The Kier molecular flexibility index (Phi) is 3.53. The SMILES string of the molecule is C/C=C\C(F)=C(/C)Cl. The van der Waals surface area contributed by atoms with Crippen LogP contribution >= 0.6 is 11.6 Å². The van der Waals surface area contributed by atoms with Gasteiger partial charge in [0.15, 0.2) is 0 Å². The van der Waals surface area contributed by atoms with Gasteiger partial charge in [0.25, 0.3) is 0 Å². The van der Waals surface area contributed by atoms with E-state index in [0.29, 0.717) is 0 Å². The molecule has 0 amide bonds. The molecule has 0 saturated carbocycles. The molecule has 0 aromatic heterocycles. The van der Waals surface area contributed by atoms with Crippen molar-refractivity contribution in [3.63, 3.8) is 0 Å². The molecule has 0 saturated heterocycles. The molecule has 0 nitrogen and oxygen atoms in total. The predicted octanol–water partition coefficient (Wildman–Crippen LogP) is 3.00.